The summed E-state index contributed by atoms with van der Waals surface area (Å²) in [5.41, 5.74) is 5.25. The Balaban J connectivity index is 4.07. The average molecular weight is 207 g/mol. The van der Waals surface area contributed by atoms with Crippen molar-refractivity contribution >= 4 is 7.60 Å². The molecule has 0 fully saturated rings. The molecule has 0 rings (SSSR count). The van der Waals surface area contributed by atoms with Crippen LogP contribution in [0.1, 0.15) is 13.8 Å². The summed E-state index contributed by atoms with van der Waals surface area (Å²) < 4.78 is 21.9. The maximum Gasteiger partial charge on any atom is 0.334 e. The van der Waals surface area contributed by atoms with Crippen molar-refractivity contribution in [2.45, 2.75) is 13.8 Å². The molecule has 0 aliphatic rings. The van der Waals surface area contributed by atoms with E-state index in [0.29, 0.717) is 25.9 Å². The molecule has 0 aromatic carbocycles. The monoisotopic (exact) mass is 207 g/mol. The highest BCUT2D eigenvalue weighted by Crippen LogP contribution is 2.47. The van der Waals surface area contributed by atoms with E-state index in [-0.39, 0.29) is 0 Å². The number of hydrogen-bond donors (Lipinski definition) is 1. The number of hydrogen-bond acceptors (Lipinski definition) is 4. The molecule has 2 N–H and O–H groups in total. The maximum absolute atomic E-state index is 11.8. The molecule has 4 nitrogen and oxygen atoms in total. The van der Waals surface area contributed by atoms with Gasteiger partial charge in [0, 0.05) is 6.54 Å². The van der Waals surface area contributed by atoms with Gasteiger partial charge in [-0.05, 0) is 13.8 Å². The minimum atomic E-state index is -2.89. The van der Waals surface area contributed by atoms with Crippen LogP contribution in [0, 0.1) is 0 Å². The van der Waals surface area contributed by atoms with Gasteiger partial charge in [0.2, 0.25) is 0 Å². The molecule has 0 saturated carbocycles. The molecule has 0 heterocycles. The molecule has 0 amide bonds. The lowest BCUT2D eigenvalue weighted by Gasteiger charge is -2.14. The summed E-state index contributed by atoms with van der Waals surface area (Å²) in [6, 6.07) is 0. The van der Waals surface area contributed by atoms with Gasteiger partial charge in [0.25, 0.3) is 0 Å². The molecule has 0 saturated heterocycles. The van der Waals surface area contributed by atoms with E-state index in [1.807, 2.05) is 0 Å². The Bertz CT molecular complexity index is 184. The fraction of sp³-hybridized carbons (Fsp3) is 0.750. The molecule has 0 aromatic heterocycles. The lowest BCUT2D eigenvalue weighted by Crippen LogP contribution is -1.99. The Morgan fingerprint density at radius 1 is 1.23 bits per heavy atom. The van der Waals surface area contributed by atoms with E-state index in [0.717, 1.165) is 0 Å². The largest absolute Gasteiger partial charge is 0.334 e. The van der Waals surface area contributed by atoms with Gasteiger partial charge in [-0.25, -0.2) is 0 Å². The van der Waals surface area contributed by atoms with E-state index in [1.165, 1.54) is 0 Å². The first-order valence-electron chi connectivity index (χ1n) is 4.41. The molecule has 0 spiro atoms. The predicted octanol–water partition coefficient (Wildman–Crippen LogP) is 1.77. The second-order valence-corrected chi connectivity index (χ2v) is 4.44. The number of nitrogens with two attached hydrogens (primary N) is 1. The van der Waals surface area contributed by atoms with Gasteiger partial charge in [-0.3, -0.25) is 4.57 Å². The maximum atomic E-state index is 11.8. The third kappa shape index (κ3) is 5.99. The molecule has 0 bridgehead atoms. The predicted molar refractivity (Wildman–Crippen MR) is 53.9 cm³/mol. The van der Waals surface area contributed by atoms with Gasteiger partial charge in [-0.15, -0.1) is 0 Å². The van der Waals surface area contributed by atoms with Crippen molar-refractivity contribution in [3.8, 4) is 0 Å². The third-order valence-electron chi connectivity index (χ3n) is 1.28. The lowest BCUT2D eigenvalue weighted by molar-refractivity contribution is 0.222. The van der Waals surface area contributed by atoms with Crippen molar-refractivity contribution in [3.63, 3.8) is 0 Å². The fourth-order valence-corrected chi connectivity index (χ4v) is 2.32. The summed E-state index contributed by atoms with van der Waals surface area (Å²) in [6.45, 7) is 4.82. The van der Waals surface area contributed by atoms with E-state index in [4.69, 9.17) is 14.8 Å². The Hall–Kier alpha value is -0.150. The molecule has 5 heteroatoms. The van der Waals surface area contributed by atoms with Crippen molar-refractivity contribution in [2.24, 2.45) is 5.73 Å². The van der Waals surface area contributed by atoms with Gasteiger partial charge in [-0.1, -0.05) is 12.2 Å². The van der Waals surface area contributed by atoms with Crippen LogP contribution in [-0.4, -0.2) is 25.9 Å². The van der Waals surface area contributed by atoms with Crippen LogP contribution in [0.5, 0.6) is 0 Å². The SMILES string of the molecule is CCOP(=O)(C/C=C/CN)OCC. The van der Waals surface area contributed by atoms with E-state index in [9.17, 15) is 4.57 Å². The zero-order valence-corrected chi connectivity index (χ0v) is 9.13. The molecule has 78 valence electrons. The quantitative estimate of drug-likeness (QED) is 0.510. The average Bonchev–Trinajstić information content (AvgIpc) is 2.05. The van der Waals surface area contributed by atoms with Crippen molar-refractivity contribution in [2.75, 3.05) is 25.9 Å². The second kappa shape index (κ2) is 7.27. The second-order valence-electron chi connectivity index (χ2n) is 2.34. The van der Waals surface area contributed by atoms with Crippen LogP contribution in [0.2, 0.25) is 0 Å². The van der Waals surface area contributed by atoms with E-state index in [1.54, 1.807) is 26.0 Å². The van der Waals surface area contributed by atoms with Crippen LogP contribution in [-0.2, 0) is 13.6 Å². The lowest BCUT2D eigenvalue weighted by atomic mass is 10.5. The Morgan fingerprint density at radius 2 is 1.77 bits per heavy atom. The molecule has 0 aliphatic carbocycles. The van der Waals surface area contributed by atoms with E-state index in [2.05, 4.69) is 0 Å². The summed E-state index contributed by atoms with van der Waals surface area (Å²) in [5.74, 6) is 0. The van der Waals surface area contributed by atoms with E-state index < -0.39 is 7.60 Å². The fourth-order valence-electron chi connectivity index (χ4n) is 0.836. The van der Waals surface area contributed by atoms with Crippen molar-refractivity contribution < 1.29 is 13.6 Å². The highest BCUT2D eigenvalue weighted by molar-refractivity contribution is 7.54. The molecule has 13 heavy (non-hydrogen) atoms. The van der Waals surface area contributed by atoms with Crippen LogP contribution in [0.15, 0.2) is 12.2 Å². The topological polar surface area (TPSA) is 61.5 Å². The Kier molecular flexibility index (Phi) is 7.19. The van der Waals surface area contributed by atoms with Crippen molar-refractivity contribution in [3.05, 3.63) is 12.2 Å². The Labute approximate surface area is 79.6 Å². The summed E-state index contributed by atoms with van der Waals surface area (Å²) >= 11 is 0. The van der Waals surface area contributed by atoms with Gasteiger partial charge < -0.3 is 14.8 Å². The number of allylic oxidation sites excluding steroid dienone is 1. The molecule has 0 aromatic rings. The molecule has 0 unspecified atom stereocenters. The molecule has 0 aliphatic heterocycles. The highest BCUT2D eigenvalue weighted by Gasteiger charge is 2.20. The van der Waals surface area contributed by atoms with Gasteiger partial charge in [0.05, 0.1) is 19.4 Å². The van der Waals surface area contributed by atoms with Crippen molar-refractivity contribution in [1.29, 1.82) is 0 Å². The summed E-state index contributed by atoms with van der Waals surface area (Å²) in [5, 5.41) is 0. The Morgan fingerprint density at radius 3 is 2.15 bits per heavy atom. The van der Waals surface area contributed by atoms with Crippen LogP contribution < -0.4 is 5.73 Å². The number of rotatable bonds is 7. The van der Waals surface area contributed by atoms with Crippen LogP contribution in [0.3, 0.4) is 0 Å². The first-order chi connectivity index (χ1) is 6.18. The first kappa shape index (κ1) is 12.8. The smallest absolute Gasteiger partial charge is 0.327 e. The first-order valence-corrected chi connectivity index (χ1v) is 6.14. The molecule has 0 radical (unpaired) electrons. The molecular formula is C8H18NO3P. The van der Waals surface area contributed by atoms with Crippen LogP contribution in [0.25, 0.3) is 0 Å². The van der Waals surface area contributed by atoms with Gasteiger partial charge in [-0.2, -0.15) is 0 Å². The van der Waals surface area contributed by atoms with Gasteiger partial charge in [0.15, 0.2) is 0 Å². The summed E-state index contributed by atoms with van der Waals surface area (Å²) in [7, 11) is -2.89. The van der Waals surface area contributed by atoms with E-state index >= 15 is 0 Å². The standard InChI is InChI=1S/C8H18NO3P/c1-3-11-13(10,12-4-2)8-6-5-7-9/h5-6H,3-4,7-9H2,1-2H3/b6-5+. The zero-order valence-electron chi connectivity index (χ0n) is 8.23. The minimum absolute atomic E-state index is 0.297. The normalized spacial score (nSPS) is 12.5. The summed E-state index contributed by atoms with van der Waals surface area (Å²) in [6.07, 6.45) is 3.77. The van der Waals surface area contributed by atoms with Gasteiger partial charge in [0.1, 0.15) is 0 Å². The summed E-state index contributed by atoms with van der Waals surface area (Å²) in [4.78, 5) is 0. The third-order valence-corrected chi connectivity index (χ3v) is 3.24. The molecular weight excluding hydrogens is 189 g/mol. The van der Waals surface area contributed by atoms with Gasteiger partial charge >= 0.3 is 7.60 Å². The van der Waals surface area contributed by atoms with Crippen LogP contribution in [0.4, 0.5) is 0 Å². The van der Waals surface area contributed by atoms with Crippen LogP contribution >= 0.6 is 7.60 Å². The minimum Gasteiger partial charge on any atom is -0.327 e. The zero-order chi connectivity index (χ0) is 10.2. The highest BCUT2D eigenvalue weighted by atomic mass is 31.2. The van der Waals surface area contributed by atoms with Crippen molar-refractivity contribution in [1.82, 2.24) is 0 Å². The molecule has 0 atom stereocenters.